The van der Waals surface area contributed by atoms with E-state index in [0.29, 0.717) is 107 Å². The maximum Gasteiger partial charge on any atom is 0.326 e. The zero-order chi connectivity index (χ0) is 98.3. The van der Waals surface area contributed by atoms with E-state index in [1.54, 1.807) is 40.0 Å². The lowest BCUT2D eigenvalue weighted by Crippen LogP contribution is -2.67. The Morgan fingerprint density at radius 3 is 1.95 bits per heavy atom. The van der Waals surface area contributed by atoms with Gasteiger partial charge in [0.15, 0.2) is 5.82 Å². The number of carboxylic acids is 2. The van der Waals surface area contributed by atoms with Crippen molar-refractivity contribution in [3.8, 4) is 28.7 Å². The summed E-state index contributed by atoms with van der Waals surface area (Å²) in [5, 5.41) is 97.8. The van der Waals surface area contributed by atoms with Crippen molar-refractivity contribution in [2.75, 3.05) is 84.0 Å². The van der Waals surface area contributed by atoms with Crippen LogP contribution in [0.3, 0.4) is 0 Å². The molecular weight excluding hydrogens is 1770 g/mol. The minimum Gasteiger partial charge on any atom is -0.494 e. The molecule has 1 aliphatic rings. The largest absolute Gasteiger partial charge is 0.494 e. The van der Waals surface area contributed by atoms with E-state index in [9.17, 15) is 87.9 Å². The van der Waals surface area contributed by atoms with Gasteiger partial charge in [0.1, 0.15) is 64.5 Å². The lowest BCUT2D eigenvalue weighted by molar-refractivity contribution is -0.144. The number of aromatic amines is 2. The van der Waals surface area contributed by atoms with Gasteiger partial charge in [0.05, 0.1) is 116 Å². The molecular formula is C92H115FN20O23. The quantitative estimate of drug-likeness (QED) is 0.0133. The van der Waals surface area contributed by atoms with Gasteiger partial charge in [-0.15, -0.1) is 15.3 Å². The molecule has 9 atom stereocenters. The number of halogens is 1. The fraction of sp³-hybridized carbons (Fsp3) is 0.446. The third-order valence-corrected chi connectivity index (χ3v) is 21.6. The normalized spacial score (nSPS) is 13.8. The van der Waals surface area contributed by atoms with E-state index in [-0.39, 0.29) is 68.8 Å². The number of aliphatic hydroxyl groups excluding tert-OH is 3. The molecule has 5 aromatic carbocycles. The molecule has 0 aliphatic carbocycles. The van der Waals surface area contributed by atoms with E-state index in [0.717, 1.165) is 66.6 Å². The highest BCUT2D eigenvalue weighted by Crippen LogP contribution is 2.31. The number of fused-ring (bicyclic) bond motifs is 2. The molecule has 17 N–H and O–H groups in total. The number of nitrogens with one attached hydrogen (secondary N) is 12. The summed E-state index contributed by atoms with van der Waals surface area (Å²) in [5.74, 6) is -8.08. The Balaban J connectivity index is 0.670. The third-order valence-electron chi connectivity index (χ3n) is 21.6. The second kappa shape index (κ2) is 52.9. The molecule has 9 rings (SSSR count). The van der Waals surface area contributed by atoms with Gasteiger partial charge in [-0.2, -0.15) is 5.21 Å². The van der Waals surface area contributed by atoms with Crippen LogP contribution in [0.5, 0.6) is 5.75 Å². The summed E-state index contributed by atoms with van der Waals surface area (Å²) in [4.78, 5) is 184. The first-order valence-corrected chi connectivity index (χ1v) is 44.1. The fourth-order valence-electron chi connectivity index (χ4n) is 13.9. The number of aliphatic hydroxyl groups is 3. The molecule has 0 saturated carbocycles. The molecule has 0 spiro atoms. The second-order valence-electron chi connectivity index (χ2n) is 32.6. The number of nitrogens with zero attached hydrogens (tertiary/aromatic N) is 8. The van der Waals surface area contributed by atoms with Crippen LogP contribution in [0.2, 0.25) is 0 Å². The Labute approximate surface area is 781 Å². The maximum atomic E-state index is 15.5. The number of benzene rings is 5. The first-order chi connectivity index (χ1) is 65.2. The van der Waals surface area contributed by atoms with Crippen LogP contribution in [0.15, 0.2) is 134 Å². The number of unbranched alkanes of at least 4 members (excludes halogenated alkanes) is 1. The molecule has 0 unspecified atom stereocenters. The minimum atomic E-state index is -2.40. The number of carbonyl (C=O) groups excluding carboxylic acids is 11. The highest BCUT2D eigenvalue weighted by Gasteiger charge is 2.44. The van der Waals surface area contributed by atoms with E-state index < -0.39 is 163 Å². The van der Waals surface area contributed by atoms with Crippen molar-refractivity contribution in [1.29, 1.82) is 0 Å². The van der Waals surface area contributed by atoms with Crippen LogP contribution in [0.25, 0.3) is 11.1 Å². The highest BCUT2D eigenvalue weighted by atomic mass is 19.1. The van der Waals surface area contributed by atoms with Crippen LogP contribution in [-0.2, 0) is 133 Å². The fourth-order valence-corrected chi connectivity index (χ4v) is 13.9. The number of ether oxygens (including phenoxy) is 5. The van der Waals surface area contributed by atoms with Crippen LogP contribution < -0.4 is 62.8 Å². The molecule has 0 radical (unpaired) electrons. The number of aryl methyl sites for hydroxylation is 2. The molecule has 8 aromatic rings. The number of amides is 11. The standard InChI is InChI=1S/C92H115FN20O23/c1-7-59-45-67(136-36-15-14-35-112-52-66(106-111-112)54-135-43-42-134-41-40-133-39-38-132-37-34-95-76(117)30-31-78(119)113-51-64-19-9-8-16-60(64)26-27-62-17-11-13-21-74(62)113)28-29-68(59)61-24-22-58(23-25-61)44-72(87(127)128)100-83(123)71(47-79(120)121)99-84(124)73(53-114)101-85(125)80(56(2)115)104-90(131)92(6,48-63-18-10-12-20-69(63)93)105-86(126)81(57(3)116)103-77(118)50-97-82(122)70(46-75-107-109-110-108-75)102-89(130)91(4,5)88(129)96-33-32-65-49-94-55-98-65/h8-13,16-25,28-29,45,49,52,55-57,70-73,80-81,114-116H,7,14-15,30-44,46-48,50-51,53-54H2,1-6H3,(H,94,98)(H,95,117)(H,96,129)(H,97,122)(H,99,124)(H,100,123)(H,101,125)(H,102,130)(H,103,118)(H,104,131)(H,105,126)(H,120,121)(H,127,128)(H,107,108,109,110)/t56-,57-,70+,71+,72+,73+,80+,81+,92+/m1/s1. The van der Waals surface area contributed by atoms with Crippen molar-refractivity contribution in [3.05, 3.63) is 190 Å². The maximum absolute atomic E-state index is 15.5. The molecule has 0 saturated heterocycles. The molecule has 1 aliphatic heterocycles. The number of tetrazole rings is 1. The summed E-state index contributed by atoms with van der Waals surface area (Å²) in [6.45, 7) is 9.85. The molecule has 0 bridgehead atoms. The van der Waals surface area contributed by atoms with Crippen molar-refractivity contribution in [1.82, 2.24) is 98.8 Å². The van der Waals surface area contributed by atoms with Crippen molar-refractivity contribution >= 4 is 82.6 Å². The van der Waals surface area contributed by atoms with Crippen LogP contribution in [0, 0.1) is 23.1 Å². The molecule has 728 valence electrons. The molecule has 11 amide bonds. The predicted octanol–water partition coefficient (Wildman–Crippen LogP) is -0.223. The number of H-pyrrole nitrogens is 2. The number of rotatable bonds is 57. The molecule has 0 fully saturated rings. The summed E-state index contributed by atoms with van der Waals surface area (Å²) in [5.41, 5.74) is 3.25. The molecule has 3 aromatic heterocycles. The topological polar surface area (TPSA) is 607 Å². The van der Waals surface area contributed by atoms with Crippen molar-refractivity contribution in [2.45, 2.75) is 179 Å². The Bertz CT molecular complexity index is 5440. The van der Waals surface area contributed by atoms with E-state index >= 15 is 4.39 Å². The van der Waals surface area contributed by atoms with Crippen LogP contribution in [0.1, 0.15) is 124 Å². The average Bonchev–Trinajstić information content (AvgIpc) is 0.857. The molecule has 4 heterocycles. The van der Waals surface area contributed by atoms with Gasteiger partial charge in [-0.1, -0.05) is 108 Å². The van der Waals surface area contributed by atoms with Gasteiger partial charge < -0.3 is 112 Å². The van der Waals surface area contributed by atoms with Gasteiger partial charge in [0, 0.05) is 81.2 Å². The number of imidazole rings is 1. The van der Waals surface area contributed by atoms with Crippen LogP contribution in [-0.4, -0.2) is 281 Å². The Hall–Kier alpha value is -14.4. The van der Waals surface area contributed by atoms with Gasteiger partial charge in [-0.3, -0.25) is 62.2 Å². The Kier molecular flexibility index (Phi) is 41.0. The van der Waals surface area contributed by atoms with E-state index in [4.69, 9.17) is 23.7 Å². The number of hydrogen-bond acceptors (Lipinski definition) is 27. The number of para-hydroxylation sites is 1. The Morgan fingerprint density at radius 1 is 0.610 bits per heavy atom. The van der Waals surface area contributed by atoms with E-state index in [1.807, 2.05) is 79.9 Å². The number of aliphatic carboxylic acids is 2. The molecule has 136 heavy (non-hydrogen) atoms. The monoisotopic (exact) mass is 1890 g/mol. The highest BCUT2D eigenvalue weighted by molar-refractivity contribution is 6.06. The number of carboxylic acid groups (broad SMARTS) is 2. The van der Waals surface area contributed by atoms with Crippen LogP contribution >= 0.6 is 0 Å². The third kappa shape index (κ3) is 32.8. The summed E-state index contributed by atoms with van der Waals surface area (Å²) in [7, 11) is 0. The van der Waals surface area contributed by atoms with Crippen molar-refractivity contribution < 1.29 is 116 Å². The van der Waals surface area contributed by atoms with Crippen molar-refractivity contribution in [2.24, 2.45) is 5.41 Å². The Morgan fingerprint density at radius 2 is 1.27 bits per heavy atom. The first-order valence-electron chi connectivity index (χ1n) is 44.1. The lowest BCUT2D eigenvalue weighted by Gasteiger charge is -2.34. The SMILES string of the molecule is CCc1cc(OCCCCn2cc(COCCOCCOCCOCCNC(=O)CCC(=O)N3Cc4ccccc4C#Cc4ccccc43)nn2)ccc1-c1ccc(C[C@H](NC(=O)[C@H](CC(=O)O)NC(=O)[C@H](CO)NC(=O)[C@@H](NC(=O)[C@](C)(Cc2ccccc2F)NC(=O)[C@@H](NC(=O)CNC(=O)[C@H](Cc2nn[nH]n2)NC(=O)C(C)(C)C(=O)NCCc2cnc[nH]2)[C@@H](C)O)[C@@H](C)O)C(=O)O)cc1. The average molecular weight is 1890 g/mol. The summed E-state index contributed by atoms with van der Waals surface area (Å²) >= 11 is 0. The minimum absolute atomic E-state index is 0.0341. The number of hydrogen-bond donors (Lipinski definition) is 17. The molecule has 43 nitrogen and oxygen atoms in total. The molecule has 44 heteroatoms. The van der Waals surface area contributed by atoms with Crippen LogP contribution in [0.4, 0.5) is 10.1 Å². The zero-order valence-electron chi connectivity index (χ0n) is 76.0. The van der Waals surface area contributed by atoms with Crippen molar-refractivity contribution in [3.63, 3.8) is 0 Å². The summed E-state index contributed by atoms with van der Waals surface area (Å²) in [6, 6.07) is 21.1. The smallest absolute Gasteiger partial charge is 0.326 e. The zero-order valence-corrected chi connectivity index (χ0v) is 76.0. The summed E-state index contributed by atoms with van der Waals surface area (Å²) < 4.78 is 45.9. The van der Waals surface area contributed by atoms with Gasteiger partial charge in [-0.05, 0) is 124 Å². The summed E-state index contributed by atoms with van der Waals surface area (Å²) in [6.07, 6.45) is 0.995. The number of anilines is 1. The van der Waals surface area contributed by atoms with Gasteiger partial charge in [0.25, 0.3) is 0 Å². The van der Waals surface area contributed by atoms with Gasteiger partial charge in [-0.25, -0.2) is 14.2 Å². The number of carbonyl (C=O) groups is 13. The van der Waals surface area contributed by atoms with Gasteiger partial charge >= 0.3 is 11.9 Å². The predicted molar refractivity (Wildman–Crippen MR) is 483 cm³/mol. The van der Waals surface area contributed by atoms with E-state index in [2.05, 4.69) is 106 Å². The van der Waals surface area contributed by atoms with Gasteiger partial charge in [0.2, 0.25) is 65.0 Å². The number of aromatic nitrogens is 9. The first kappa shape index (κ1) is 105. The van der Waals surface area contributed by atoms with E-state index in [1.165, 1.54) is 38.4 Å². The second-order valence-corrected chi connectivity index (χ2v) is 32.6. The lowest BCUT2D eigenvalue weighted by atomic mass is 9.90.